The van der Waals surface area contributed by atoms with Gasteiger partial charge in [-0.25, -0.2) is 4.79 Å². The van der Waals surface area contributed by atoms with Gasteiger partial charge in [-0.05, 0) is 30.3 Å². The lowest BCUT2D eigenvalue weighted by Crippen LogP contribution is -2.14. The molecule has 0 fully saturated rings. The van der Waals surface area contributed by atoms with E-state index >= 15 is 0 Å². The molecule has 7 nitrogen and oxygen atoms in total. The number of hydrogen-bond donors (Lipinski definition) is 2. The Morgan fingerprint density at radius 2 is 1.81 bits per heavy atom. The van der Waals surface area contributed by atoms with Crippen molar-refractivity contribution >= 4 is 34.3 Å². The van der Waals surface area contributed by atoms with Crippen LogP contribution in [-0.4, -0.2) is 29.3 Å². The second-order valence-corrected chi connectivity index (χ2v) is 5.71. The number of ketones is 1. The van der Waals surface area contributed by atoms with Gasteiger partial charge in [-0.1, -0.05) is 18.2 Å². The first-order chi connectivity index (χ1) is 13.1. The van der Waals surface area contributed by atoms with Crippen molar-refractivity contribution < 1.29 is 19.1 Å². The highest BCUT2D eigenvalue weighted by atomic mass is 16.5. The number of benzene rings is 2. The summed E-state index contributed by atoms with van der Waals surface area (Å²) < 4.78 is 5.09. The van der Waals surface area contributed by atoms with E-state index in [0.717, 1.165) is 10.9 Å². The fourth-order valence-electron chi connectivity index (χ4n) is 2.56. The Hall–Kier alpha value is -3.92. The van der Waals surface area contributed by atoms with Crippen molar-refractivity contribution in [2.24, 2.45) is 0 Å². The lowest BCUT2D eigenvalue weighted by atomic mass is 10.1. The van der Waals surface area contributed by atoms with Gasteiger partial charge in [0.2, 0.25) is 11.7 Å². The summed E-state index contributed by atoms with van der Waals surface area (Å²) in [4.78, 5) is 38.8. The van der Waals surface area contributed by atoms with Gasteiger partial charge in [0.1, 0.15) is 6.42 Å². The SMILES string of the molecule is N#CCC(=O)Nc1ccc(C(=O)OCC(=O)c2c[nH]c3ccccc23)cc1. The molecule has 3 aromatic rings. The van der Waals surface area contributed by atoms with Gasteiger partial charge < -0.3 is 15.0 Å². The number of nitrogens with one attached hydrogen (secondary N) is 2. The molecule has 134 valence electrons. The highest BCUT2D eigenvalue weighted by Gasteiger charge is 2.15. The first-order valence-electron chi connectivity index (χ1n) is 8.12. The maximum atomic E-state index is 12.3. The third kappa shape index (κ3) is 4.19. The van der Waals surface area contributed by atoms with E-state index in [1.165, 1.54) is 24.3 Å². The summed E-state index contributed by atoms with van der Waals surface area (Å²) in [6.45, 7) is -0.374. The molecule has 0 atom stereocenters. The van der Waals surface area contributed by atoms with Crippen LogP contribution in [0.2, 0.25) is 0 Å². The zero-order chi connectivity index (χ0) is 19.2. The summed E-state index contributed by atoms with van der Waals surface area (Å²) in [6, 6.07) is 15.1. The minimum Gasteiger partial charge on any atom is -0.454 e. The molecule has 0 saturated carbocycles. The molecule has 2 aromatic carbocycles. The quantitative estimate of drug-likeness (QED) is 0.518. The lowest BCUT2D eigenvalue weighted by molar-refractivity contribution is -0.115. The molecule has 27 heavy (non-hydrogen) atoms. The minimum atomic E-state index is -0.641. The number of carbonyl (C=O) groups excluding carboxylic acids is 3. The topological polar surface area (TPSA) is 112 Å². The number of Topliss-reactive ketones (excluding diaryl/α,β-unsaturated/α-hetero) is 1. The maximum absolute atomic E-state index is 12.3. The van der Waals surface area contributed by atoms with Crippen LogP contribution in [0.15, 0.2) is 54.7 Å². The van der Waals surface area contributed by atoms with Crippen molar-refractivity contribution in [3.8, 4) is 6.07 Å². The Balaban J connectivity index is 1.60. The number of carbonyl (C=O) groups is 3. The number of nitrogens with zero attached hydrogens (tertiary/aromatic N) is 1. The van der Waals surface area contributed by atoms with Crippen LogP contribution >= 0.6 is 0 Å². The van der Waals surface area contributed by atoms with Crippen LogP contribution < -0.4 is 5.32 Å². The largest absolute Gasteiger partial charge is 0.454 e. The van der Waals surface area contributed by atoms with Crippen molar-refractivity contribution in [2.75, 3.05) is 11.9 Å². The number of anilines is 1. The monoisotopic (exact) mass is 361 g/mol. The molecule has 0 aliphatic heterocycles. The highest BCUT2D eigenvalue weighted by molar-refractivity contribution is 6.09. The van der Waals surface area contributed by atoms with Gasteiger partial charge in [-0.3, -0.25) is 9.59 Å². The van der Waals surface area contributed by atoms with Crippen molar-refractivity contribution in [2.45, 2.75) is 6.42 Å². The summed E-state index contributed by atoms with van der Waals surface area (Å²) in [6.07, 6.45) is 1.35. The fraction of sp³-hybridized carbons (Fsp3) is 0.100. The van der Waals surface area contributed by atoms with Gasteiger partial charge in [0.05, 0.1) is 11.6 Å². The number of esters is 1. The second-order valence-electron chi connectivity index (χ2n) is 5.71. The van der Waals surface area contributed by atoms with E-state index in [9.17, 15) is 14.4 Å². The Bertz CT molecular complexity index is 1050. The molecule has 2 N–H and O–H groups in total. The van der Waals surface area contributed by atoms with Crippen LogP contribution in [-0.2, 0) is 9.53 Å². The number of rotatable bonds is 6. The van der Waals surface area contributed by atoms with Crippen LogP contribution in [0.5, 0.6) is 0 Å². The number of aromatic nitrogens is 1. The molecule has 1 aromatic heterocycles. The number of aromatic amines is 1. The molecule has 0 aliphatic carbocycles. The third-order valence-corrected chi connectivity index (χ3v) is 3.87. The summed E-state index contributed by atoms with van der Waals surface area (Å²) in [5.74, 6) is -1.38. The van der Waals surface area contributed by atoms with Crippen molar-refractivity contribution in [1.82, 2.24) is 4.98 Å². The van der Waals surface area contributed by atoms with Gasteiger partial charge in [0, 0.05) is 28.4 Å². The number of hydrogen-bond acceptors (Lipinski definition) is 5. The molecule has 0 aliphatic rings. The highest BCUT2D eigenvalue weighted by Crippen LogP contribution is 2.18. The first-order valence-corrected chi connectivity index (χ1v) is 8.12. The third-order valence-electron chi connectivity index (χ3n) is 3.87. The minimum absolute atomic E-state index is 0.250. The van der Waals surface area contributed by atoms with E-state index in [4.69, 9.17) is 10.00 Å². The number of H-pyrrole nitrogens is 1. The zero-order valence-electron chi connectivity index (χ0n) is 14.2. The van der Waals surface area contributed by atoms with Gasteiger partial charge >= 0.3 is 5.97 Å². The number of fused-ring (bicyclic) bond motifs is 1. The Kier molecular flexibility index (Phi) is 5.28. The molecule has 0 unspecified atom stereocenters. The predicted molar refractivity (Wildman–Crippen MR) is 98.2 cm³/mol. The average Bonchev–Trinajstić information content (AvgIpc) is 3.11. The van der Waals surface area contributed by atoms with Gasteiger partial charge in [-0.2, -0.15) is 5.26 Å². The van der Waals surface area contributed by atoms with Gasteiger partial charge in [0.15, 0.2) is 6.61 Å². The number of para-hydroxylation sites is 1. The molecular weight excluding hydrogens is 346 g/mol. The Morgan fingerprint density at radius 1 is 1.07 bits per heavy atom. The van der Waals surface area contributed by atoms with E-state index in [2.05, 4.69) is 10.3 Å². The summed E-state index contributed by atoms with van der Waals surface area (Å²) in [5.41, 5.74) is 2.01. The van der Waals surface area contributed by atoms with E-state index in [-0.39, 0.29) is 24.4 Å². The Labute approximate surface area is 154 Å². The second kappa shape index (κ2) is 7.97. The number of ether oxygens (including phenoxy) is 1. The molecule has 7 heteroatoms. The summed E-state index contributed by atoms with van der Waals surface area (Å²) >= 11 is 0. The van der Waals surface area contributed by atoms with E-state index in [1.54, 1.807) is 12.3 Å². The Morgan fingerprint density at radius 3 is 2.56 bits per heavy atom. The van der Waals surface area contributed by atoms with Gasteiger partial charge in [-0.15, -0.1) is 0 Å². The first kappa shape index (κ1) is 17.9. The van der Waals surface area contributed by atoms with Crippen LogP contribution in [0.25, 0.3) is 10.9 Å². The average molecular weight is 361 g/mol. The summed E-state index contributed by atoms with van der Waals surface area (Å²) in [7, 11) is 0. The van der Waals surface area contributed by atoms with Crippen molar-refractivity contribution in [3.63, 3.8) is 0 Å². The number of nitriles is 1. The molecule has 0 saturated heterocycles. The maximum Gasteiger partial charge on any atom is 0.338 e. The fourth-order valence-corrected chi connectivity index (χ4v) is 2.56. The van der Waals surface area contributed by atoms with E-state index in [0.29, 0.717) is 11.3 Å². The zero-order valence-corrected chi connectivity index (χ0v) is 14.2. The predicted octanol–water partition coefficient (Wildman–Crippen LogP) is 3.06. The molecule has 3 rings (SSSR count). The molecular formula is C20H15N3O4. The molecule has 0 bridgehead atoms. The summed E-state index contributed by atoms with van der Waals surface area (Å²) in [5, 5.41) is 11.8. The van der Waals surface area contributed by atoms with Crippen LogP contribution in [0, 0.1) is 11.3 Å². The van der Waals surface area contributed by atoms with Gasteiger partial charge in [0.25, 0.3) is 0 Å². The normalized spacial score (nSPS) is 10.2. The van der Waals surface area contributed by atoms with Crippen molar-refractivity contribution in [1.29, 1.82) is 5.26 Å². The standard InChI is InChI=1S/C20H15N3O4/c21-10-9-19(25)23-14-7-5-13(6-8-14)20(26)27-12-18(24)16-11-22-17-4-2-1-3-15(16)17/h1-8,11,22H,9,12H2,(H,23,25). The van der Waals surface area contributed by atoms with E-state index in [1.807, 2.05) is 24.3 Å². The van der Waals surface area contributed by atoms with E-state index < -0.39 is 11.9 Å². The van der Waals surface area contributed by atoms with Crippen LogP contribution in [0.4, 0.5) is 5.69 Å². The molecule has 0 radical (unpaired) electrons. The smallest absolute Gasteiger partial charge is 0.338 e. The molecule has 1 heterocycles. The van der Waals surface area contributed by atoms with Crippen molar-refractivity contribution in [3.05, 3.63) is 65.9 Å². The molecule has 1 amide bonds. The lowest BCUT2D eigenvalue weighted by Gasteiger charge is -2.06. The van der Waals surface area contributed by atoms with Crippen LogP contribution in [0.1, 0.15) is 27.1 Å². The number of amides is 1. The molecule has 0 spiro atoms. The van der Waals surface area contributed by atoms with Crippen LogP contribution in [0.3, 0.4) is 0 Å².